The van der Waals surface area contributed by atoms with Crippen LogP contribution < -0.4 is 0 Å². The summed E-state index contributed by atoms with van der Waals surface area (Å²) in [5.74, 6) is 0.181. The Labute approximate surface area is 149 Å². The Kier molecular flexibility index (Phi) is 7.10. The molecule has 0 aromatic heterocycles. The summed E-state index contributed by atoms with van der Waals surface area (Å²) in [4.78, 5) is 0. The van der Waals surface area contributed by atoms with Gasteiger partial charge in [0.1, 0.15) is 5.75 Å². The molecule has 130 valence electrons. The molecule has 1 unspecified atom stereocenters. The van der Waals surface area contributed by atoms with Gasteiger partial charge in [0, 0.05) is 7.11 Å². The van der Waals surface area contributed by atoms with Crippen LogP contribution in [0.1, 0.15) is 31.7 Å². The minimum absolute atomic E-state index is 0.0814. The predicted molar refractivity (Wildman–Crippen MR) is 99.5 cm³/mol. The van der Waals surface area contributed by atoms with Crippen molar-refractivity contribution < 1.29 is 14.6 Å². The molecule has 1 aromatic carbocycles. The van der Waals surface area contributed by atoms with E-state index in [1.165, 1.54) is 5.57 Å². The molecule has 0 amide bonds. The Bertz CT molecular complexity index is 646. The summed E-state index contributed by atoms with van der Waals surface area (Å²) in [5.41, 5.74) is 4.38. The molecule has 0 bridgehead atoms. The third-order valence-electron chi connectivity index (χ3n) is 4.20. The Hall–Kier alpha value is -1.55. The van der Waals surface area contributed by atoms with Crippen LogP contribution in [0.25, 0.3) is 6.08 Å². The van der Waals surface area contributed by atoms with Crippen molar-refractivity contribution in [3.8, 4) is 5.75 Å². The molecular weight excluding hydrogens is 324 g/mol. The van der Waals surface area contributed by atoms with Crippen molar-refractivity contribution in [1.82, 2.24) is 0 Å². The first-order valence-corrected chi connectivity index (χ1v) is 8.59. The van der Waals surface area contributed by atoms with E-state index in [4.69, 9.17) is 21.1 Å². The van der Waals surface area contributed by atoms with Crippen LogP contribution >= 0.6 is 11.6 Å². The minimum atomic E-state index is 0.0814. The summed E-state index contributed by atoms with van der Waals surface area (Å²) < 4.78 is 11.0. The average Bonchev–Trinajstić information content (AvgIpc) is 3.02. The van der Waals surface area contributed by atoms with Crippen molar-refractivity contribution in [2.24, 2.45) is 0 Å². The third-order valence-corrected chi connectivity index (χ3v) is 4.53. The zero-order valence-corrected chi connectivity index (χ0v) is 15.1. The van der Waals surface area contributed by atoms with Gasteiger partial charge in [0.15, 0.2) is 0 Å². The fraction of sp³-hybridized carbons (Fsp3) is 0.400. The summed E-state index contributed by atoms with van der Waals surface area (Å²) in [5, 5.41) is 10.0. The second-order valence-corrected chi connectivity index (χ2v) is 6.33. The summed E-state index contributed by atoms with van der Waals surface area (Å²) in [6.45, 7) is 7.39. The van der Waals surface area contributed by atoms with Gasteiger partial charge in [-0.05, 0) is 54.2 Å². The van der Waals surface area contributed by atoms with Crippen LogP contribution in [0.5, 0.6) is 5.75 Å². The highest BCUT2D eigenvalue weighted by atomic mass is 35.5. The normalized spacial score (nSPS) is 17.9. The van der Waals surface area contributed by atoms with E-state index in [9.17, 15) is 5.11 Å². The van der Waals surface area contributed by atoms with Crippen LogP contribution in [0.2, 0.25) is 5.02 Å². The molecule has 1 aliphatic heterocycles. The van der Waals surface area contributed by atoms with Crippen molar-refractivity contribution in [2.45, 2.75) is 32.3 Å². The number of aromatic hydroxyl groups is 1. The van der Waals surface area contributed by atoms with Gasteiger partial charge in [-0.2, -0.15) is 0 Å². The number of rotatable bonds is 8. The molecule has 2 rings (SSSR count). The number of halogens is 1. The minimum Gasteiger partial charge on any atom is -0.508 e. The molecule has 1 heterocycles. The van der Waals surface area contributed by atoms with Crippen molar-refractivity contribution >= 4 is 17.7 Å². The lowest BCUT2D eigenvalue weighted by Crippen LogP contribution is -2.13. The molecule has 4 heteroatoms. The first-order chi connectivity index (χ1) is 11.5. The molecule has 3 nitrogen and oxygen atoms in total. The first kappa shape index (κ1) is 18.8. The molecule has 1 aromatic rings. The van der Waals surface area contributed by atoms with Crippen LogP contribution in [-0.4, -0.2) is 31.5 Å². The third kappa shape index (κ3) is 4.97. The Morgan fingerprint density at radius 1 is 1.50 bits per heavy atom. The van der Waals surface area contributed by atoms with Gasteiger partial charge in [-0.15, -0.1) is 0 Å². The lowest BCUT2D eigenvalue weighted by Gasteiger charge is -2.17. The van der Waals surface area contributed by atoms with Gasteiger partial charge in [-0.25, -0.2) is 0 Å². The van der Waals surface area contributed by atoms with Crippen LogP contribution in [0.15, 0.2) is 47.6 Å². The van der Waals surface area contributed by atoms with Crippen molar-refractivity contribution in [2.75, 3.05) is 20.3 Å². The second-order valence-electron chi connectivity index (χ2n) is 5.92. The molecule has 0 radical (unpaired) electrons. The summed E-state index contributed by atoms with van der Waals surface area (Å²) in [7, 11) is 1.68. The number of phenols is 1. The molecule has 0 aliphatic carbocycles. The quantitative estimate of drug-likeness (QED) is 0.706. The number of phenolic OH excluding ortho intramolecular Hbond substituents is 1. The van der Waals surface area contributed by atoms with Gasteiger partial charge in [-0.1, -0.05) is 42.8 Å². The van der Waals surface area contributed by atoms with E-state index < -0.39 is 0 Å². The molecular formula is C20H25ClO3. The Morgan fingerprint density at radius 3 is 2.96 bits per heavy atom. The van der Waals surface area contributed by atoms with Crippen molar-refractivity contribution in [3.05, 3.63) is 58.2 Å². The van der Waals surface area contributed by atoms with Gasteiger partial charge in [-0.3, -0.25) is 0 Å². The highest BCUT2D eigenvalue weighted by Crippen LogP contribution is 2.29. The standard InChI is InChI=1S/C20H25ClO3/c1-4-15(11-16-6-7-17(22)12-19(16)21)5-8-20-18(9-10-24-20)14(2)13-23-3/h6-7,9,11-12,20,22H,2,4-5,8,10,13H2,1,3H3/b15-11+. The predicted octanol–water partition coefficient (Wildman–Crippen LogP) is 5.15. The van der Waals surface area contributed by atoms with Gasteiger partial charge < -0.3 is 14.6 Å². The summed E-state index contributed by atoms with van der Waals surface area (Å²) >= 11 is 6.19. The maximum Gasteiger partial charge on any atom is 0.117 e. The number of hydrogen-bond acceptors (Lipinski definition) is 3. The largest absolute Gasteiger partial charge is 0.508 e. The van der Waals surface area contributed by atoms with E-state index in [0.717, 1.165) is 36.0 Å². The highest BCUT2D eigenvalue weighted by Gasteiger charge is 2.22. The molecule has 1 atom stereocenters. The van der Waals surface area contributed by atoms with Gasteiger partial charge >= 0.3 is 0 Å². The molecule has 24 heavy (non-hydrogen) atoms. The average molecular weight is 349 g/mol. The lowest BCUT2D eigenvalue weighted by molar-refractivity contribution is 0.115. The lowest BCUT2D eigenvalue weighted by atomic mass is 9.96. The maximum atomic E-state index is 9.45. The highest BCUT2D eigenvalue weighted by molar-refractivity contribution is 6.32. The SMILES string of the molecule is C=C(COC)C1=CCOC1CC/C(=C/c1ccc(O)cc1Cl)CC. The van der Waals surface area contributed by atoms with Gasteiger partial charge in [0.25, 0.3) is 0 Å². The van der Waals surface area contributed by atoms with Crippen molar-refractivity contribution in [1.29, 1.82) is 0 Å². The molecule has 1 aliphatic rings. The summed E-state index contributed by atoms with van der Waals surface area (Å²) in [6, 6.07) is 5.06. The fourth-order valence-electron chi connectivity index (χ4n) is 2.86. The zero-order valence-electron chi connectivity index (χ0n) is 14.3. The number of methoxy groups -OCH3 is 1. The monoisotopic (exact) mass is 348 g/mol. The van der Waals surface area contributed by atoms with E-state index in [1.807, 2.05) is 6.07 Å². The maximum absolute atomic E-state index is 9.45. The summed E-state index contributed by atoms with van der Waals surface area (Å²) in [6.07, 6.45) is 7.06. The van der Waals surface area contributed by atoms with Crippen LogP contribution in [0.3, 0.4) is 0 Å². The van der Waals surface area contributed by atoms with Gasteiger partial charge in [0.05, 0.1) is 24.3 Å². The topological polar surface area (TPSA) is 38.7 Å². The second kappa shape index (κ2) is 9.07. The van der Waals surface area contributed by atoms with Crippen LogP contribution in [0, 0.1) is 0 Å². The Morgan fingerprint density at radius 2 is 2.29 bits per heavy atom. The molecule has 0 saturated carbocycles. The number of allylic oxidation sites excluding steroid dienone is 1. The molecule has 1 N–H and O–H groups in total. The molecule has 0 saturated heterocycles. The molecule has 0 spiro atoms. The Balaban J connectivity index is 2.02. The zero-order chi connectivity index (χ0) is 17.5. The smallest absolute Gasteiger partial charge is 0.117 e. The number of benzene rings is 1. The first-order valence-electron chi connectivity index (χ1n) is 8.21. The van der Waals surface area contributed by atoms with Crippen molar-refractivity contribution in [3.63, 3.8) is 0 Å². The number of hydrogen-bond donors (Lipinski definition) is 1. The van der Waals surface area contributed by atoms with Crippen LogP contribution in [0.4, 0.5) is 0 Å². The van der Waals surface area contributed by atoms with Gasteiger partial charge in [0.2, 0.25) is 0 Å². The fourth-order valence-corrected chi connectivity index (χ4v) is 3.09. The van der Waals surface area contributed by atoms with Crippen LogP contribution in [-0.2, 0) is 9.47 Å². The van der Waals surface area contributed by atoms with E-state index in [-0.39, 0.29) is 11.9 Å². The van der Waals surface area contributed by atoms with E-state index in [2.05, 4.69) is 25.7 Å². The van der Waals surface area contributed by atoms with E-state index >= 15 is 0 Å². The number of ether oxygens (including phenoxy) is 2. The van der Waals surface area contributed by atoms with E-state index in [1.54, 1.807) is 19.2 Å². The van der Waals surface area contributed by atoms with E-state index in [0.29, 0.717) is 18.2 Å². The molecule has 0 fully saturated rings.